The summed E-state index contributed by atoms with van der Waals surface area (Å²) in [6.45, 7) is 0. The van der Waals surface area contributed by atoms with Crippen LogP contribution in [0.4, 0.5) is 11.6 Å². The van der Waals surface area contributed by atoms with E-state index < -0.39 is 0 Å². The summed E-state index contributed by atoms with van der Waals surface area (Å²) >= 11 is 5.72. The van der Waals surface area contributed by atoms with Crippen LogP contribution in [0.2, 0.25) is 5.15 Å². The molecule has 2 rings (SSSR count). The quantitative estimate of drug-likeness (QED) is 0.788. The van der Waals surface area contributed by atoms with Crippen LogP contribution >= 0.6 is 11.6 Å². The Labute approximate surface area is 102 Å². The largest absolute Gasteiger partial charge is 0.384 e. The van der Waals surface area contributed by atoms with Crippen LogP contribution in [-0.2, 0) is 7.05 Å². The Morgan fingerprint density at radius 3 is 2.88 bits per heavy atom. The number of aryl methyl sites for hydroxylation is 1. The number of rotatable bonds is 2. The summed E-state index contributed by atoms with van der Waals surface area (Å²) in [6.07, 6.45) is 1.59. The number of nitrogens with two attached hydrogens (primary N) is 1. The summed E-state index contributed by atoms with van der Waals surface area (Å²) < 4.78 is 1.55. The van der Waals surface area contributed by atoms with Gasteiger partial charge in [0.1, 0.15) is 16.8 Å². The van der Waals surface area contributed by atoms with Gasteiger partial charge >= 0.3 is 0 Å². The predicted molar refractivity (Wildman–Crippen MR) is 64.8 cm³/mol. The van der Waals surface area contributed by atoms with Crippen LogP contribution in [0.15, 0.2) is 24.4 Å². The Balaban J connectivity index is 2.23. The number of nitrogen functional groups attached to an aromatic ring is 1. The summed E-state index contributed by atoms with van der Waals surface area (Å²) in [7, 11) is 1.73. The van der Waals surface area contributed by atoms with Crippen LogP contribution in [0.1, 0.15) is 10.4 Å². The molecule has 0 spiro atoms. The molecule has 1 amide bonds. The van der Waals surface area contributed by atoms with E-state index in [2.05, 4.69) is 15.4 Å². The summed E-state index contributed by atoms with van der Waals surface area (Å²) in [5, 5.41) is 6.80. The fourth-order valence-corrected chi connectivity index (χ4v) is 1.55. The van der Waals surface area contributed by atoms with Crippen molar-refractivity contribution in [2.45, 2.75) is 0 Å². The van der Waals surface area contributed by atoms with Gasteiger partial charge in [0.05, 0.1) is 6.20 Å². The molecule has 6 nitrogen and oxygen atoms in total. The summed E-state index contributed by atoms with van der Waals surface area (Å²) in [5.74, 6) is 0.471. The third-order valence-electron chi connectivity index (χ3n) is 2.14. The molecule has 3 N–H and O–H groups in total. The number of aromatic nitrogens is 3. The summed E-state index contributed by atoms with van der Waals surface area (Å²) in [5.41, 5.74) is 5.86. The van der Waals surface area contributed by atoms with Crippen molar-refractivity contribution >= 4 is 29.1 Å². The van der Waals surface area contributed by atoms with Crippen LogP contribution in [0.5, 0.6) is 0 Å². The van der Waals surface area contributed by atoms with Gasteiger partial charge in [0.2, 0.25) is 0 Å². The van der Waals surface area contributed by atoms with E-state index in [9.17, 15) is 4.79 Å². The second-order valence-corrected chi connectivity index (χ2v) is 3.78. The van der Waals surface area contributed by atoms with Crippen molar-refractivity contribution in [3.05, 3.63) is 35.1 Å². The first kappa shape index (κ1) is 11.4. The molecule has 0 aliphatic carbocycles. The number of halogens is 1. The molecular weight excluding hydrogens is 242 g/mol. The van der Waals surface area contributed by atoms with E-state index in [0.717, 1.165) is 0 Å². The molecule has 2 aromatic heterocycles. The standard InChI is InChI=1S/C10H10ClN5O/c1-16-9(2-3-13-16)15-10(17)6-4-7(11)14-8(12)5-6/h2-5H,1H3,(H2,12,14)(H,15,17). The topological polar surface area (TPSA) is 85.8 Å². The second kappa shape index (κ2) is 4.42. The molecular formula is C10H10ClN5O. The normalized spacial score (nSPS) is 10.2. The Hall–Kier alpha value is -2.08. The SMILES string of the molecule is Cn1nccc1NC(=O)c1cc(N)nc(Cl)c1. The number of carbonyl (C=O) groups excluding carboxylic acids is 1. The number of amides is 1. The minimum atomic E-state index is -0.315. The van der Waals surface area contributed by atoms with Gasteiger partial charge in [-0.2, -0.15) is 5.10 Å². The van der Waals surface area contributed by atoms with E-state index in [-0.39, 0.29) is 16.9 Å². The van der Waals surface area contributed by atoms with Crippen LogP contribution in [-0.4, -0.2) is 20.7 Å². The molecule has 0 atom stereocenters. The van der Waals surface area contributed by atoms with Crippen molar-refractivity contribution in [1.29, 1.82) is 0 Å². The van der Waals surface area contributed by atoms with Gasteiger partial charge in [-0.05, 0) is 12.1 Å². The summed E-state index contributed by atoms with van der Waals surface area (Å²) in [4.78, 5) is 15.7. The maximum atomic E-state index is 11.9. The highest BCUT2D eigenvalue weighted by atomic mass is 35.5. The van der Waals surface area contributed by atoms with Crippen molar-refractivity contribution in [1.82, 2.24) is 14.8 Å². The number of nitrogens with one attached hydrogen (secondary N) is 1. The number of hydrogen-bond donors (Lipinski definition) is 2. The zero-order valence-electron chi connectivity index (χ0n) is 9.01. The molecule has 0 unspecified atom stereocenters. The highest BCUT2D eigenvalue weighted by Crippen LogP contribution is 2.14. The number of anilines is 2. The zero-order chi connectivity index (χ0) is 12.4. The fourth-order valence-electron chi connectivity index (χ4n) is 1.33. The van der Waals surface area contributed by atoms with E-state index in [1.165, 1.54) is 12.1 Å². The maximum absolute atomic E-state index is 11.9. The lowest BCUT2D eigenvalue weighted by Gasteiger charge is -2.06. The first-order chi connectivity index (χ1) is 8.06. The lowest BCUT2D eigenvalue weighted by Crippen LogP contribution is -2.15. The van der Waals surface area contributed by atoms with E-state index in [1.54, 1.807) is 24.0 Å². The number of pyridine rings is 1. The third-order valence-corrected chi connectivity index (χ3v) is 2.33. The molecule has 88 valence electrons. The lowest BCUT2D eigenvalue weighted by molar-refractivity contribution is 0.102. The van der Waals surface area contributed by atoms with Gasteiger partial charge in [0, 0.05) is 18.7 Å². The second-order valence-electron chi connectivity index (χ2n) is 3.40. The molecule has 0 aliphatic rings. The number of nitrogens with zero attached hydrogens (tertiary/aromatic N) is 3. The van der Waals surface area contributed by atoms with Gasteiger partial charge in [-0.1, -0.05) is 11.6 Å². The number of carbonyl (C=O) groups is 1. The van der Waals surface area contributed by atoms with Gasteiger partial charge in [0.15, 0.2) is 0 Å². The Bertz CT molecular complexity index is 545. The Kier molecular flexibility index (Phi) is 2.97. The first-order valence-corrected chi connectivity index (χ1v) is 5.16. The molecule has 0 aliphatic heterocycles. The van der Waals surface area contributed by atoms with Gasteiger partial charge in [-0.3, -0.25) is 9.48 Å². The Morgan fingerprint density at radius 2 is 2.29 bits per heavy atom. The van der Waals surface area contributed by atoms with Gasteiger partial charge < -0.3 is 11.1 Å². The minimum absolute atomic E-state index is 0.181. The molecule has 0 aromatic carbocycles. The molecule has 0 saturated heterocycles. The predicted octanol–water partition coefficient (Wildman–Crippen LogP) is 1.30. The van der Waals surface area contributed by atoms with Crippen LogP contribution < -0.4 is 11.1 Å². The molecule has 0 radical (unpaired) electrons. The van der Waals surface area contributed by atoms with E-state index in [0.29, 0.717) is 11.4 Å². The minimum Gasteiger partial charge on any atom is -0.384 e. The van der Waals surface area contributed by atoms with Crippen molar-refractivity contribution in [3.63, 3.8) is 0 Å². The van der Waals surface area contributed by atoms with Crippen LogP contribution in [0.25, 0.3) is 0 Å². The van der Waals surface area contributed by atoms with Crippen molar-refractivity contribution in [3.8, 4) is 0 Å². The average molecular weight is 252 g/mol. The third kappa shape index (κ3) is 2.54. The van der Waals surface area contributed by atoms with Gasteiger partial charge in [-0.25, -0.2) is 4.98 Å². The highest BCUT2D eigenvalue weighted by Gasteiger charge is 2.10. The van der Waals surface area contributed by atoms with Crippen molar-refractivity contribution in [2.75, 3.05) is 11.1 Å². The van der Waals surface area contributed by atoms with E-state index in [1.807, 2.05) is 0 Å². The van der Waals surface area contributed by atoms with E-state index in [4.69, 9.17) is 17.3 Å². The molecule has 0 saturated carbocycles. The molecule has 0 bridgehead atoms. The average Bonchev–Trinajstić information content (AvgIpc) is 2.63. The molecule has 2 aromatic rings. The fraction of sp³-hybridized carbons (Fsp3) is 0.100. The molecule has 0 fully saturated rings. The highest BCUT2D eigenvalue weighted by molar-refractivity contribution is 6.30. The van der Waals surface area contributed by atoms with Crippen molar-refractivity contribution in [2.24, 2.45) is 7.05 Å². The van der Waals surface area contributed by atoms with E-state index >= 15 is 0 Å². The van der Waals surface area contributed by atoms with Gasteiger partial charge in [0.25, 0.3) is 5.91 Å². The first-order valence-electron chi connectivity index (χ1n) is 4.78. The maximum Gasteiger partial charge on any atom is 0.257 e. The smallest absolute Gasteiger partial charge is 0.257 e. The molecule has 7 heteroatoms. The van der Waals surface area contributed by atoms with Crippen LogP contribution in [0, 0.1) is 0 Å². The lowest BCUT2D eigenvalue weighted by atomic mass is 10.2. The Morgan fingerprint density at radius 1 is 1.53 bits per heavy atom. The molecule has 2 heterocycles. The van der Waals surface area contributed by atoms with Crippen molar-refractivity contribution < 1.29 is 4.79 Å². The zero-order valence-corrected chi connectivity index (χ0v) is 9.77. The van der Waals surface area contributed by atoms with Gasteiger partial charge in [-0.15, -0.1) is 0 Å². The monoisotopic (exact) mass is 251 g/mol. The number of hydrogen-bond acceptors (Lipinski definition) is 4. The van der Waals surface area contributed by atoms with Crippen LogP contribution in [0.3, 0.4) is 0 Å². The summed E-state index contributed by atoms with van der Waals surface area (Å²) in [6, 6.07) is 4.59. The molecule has 17 heavy (non-hydrogen) atoms.